The average molecular weight is 233 g/mol. The Balaban J connectivity index is 2.08. The lowest BCUT2D eigenvalue weighted by Gasteiger charge is -2.11. The summed E-state index contributed by atoms with van der Waals surface area (Å²) in [6, 6.07) is 3.67. The predicted molar refractivity (Wildman–Crippen MR) is 51.2 cm³/mol. The van der Waals surface area contributed by atoms with Crippen molar-refractivity contribution in [3.05, 3.63) is 18.2 Å². The minimum absolute atomic E-state index is 0.147. The van der Waals surface area contributed by atoms with E-state index in [1.807, 2.05) is 0 Å². The Hall–Kier alpha value is -1.59. The lowest BCUT2D eigenvalue weighted by atomic mass is 10.3. The second-order valence-corrected chi connectivity index (χ2v) is 3.56. The van der Waals surface area contributed by atoms with E-state index in [0.29, 0.717) is 5.75 Å². The molecular weight excluding hydrogens is 223 g/mol. The van der Waals surface area contributed by atoms with Crippen LogP contribution in [-0.2, 0) is 0 Å². The highest BCUT2D eigenvalue weighted by molar-refractivity contribution is 5.56. The molecule has 0 bridgehead atoms. The van der Waals surface area contributed by atoms with Gasteiger partial charge in [0.25, 0.3) is 0 Å². The van der Waals surface area contributed by atoms with Gasteiger partial charge >= 0.3 is 6.36 Å². The Morgan fingerprint density at radius 3 is 2.44 bits per heavy atom. The van der Waals surface area contributed by atoms with Gasteiger partial charge in [0.15, 0.2) is 0 Å². The lowest BCUT2D eigenvalue weighted by molar-refractivity contribution is -0.274. The minimum Gasteiger partial charge on any atom is -0.488 e. The van der Waals surface area contributed by atoms with Crippen LogP contribution in [-0.4, -0.2) is 12.5 Å². The summed E-state index contributed by atoms with van der Waals surface area (Å²) in [7, 11) is 0. The number of benzene rings is 1. The molecule has 88 valence electrons. The summed E-state index contributed by atoms with van der Waals surface area (Å²) < 4.78 is 44.8. The van der Waals surface area contributed by atoms with Crippen molar-refractivity contribution in [3.63, 3.8) is 0 Å². The molecule has 2 rings (SSSR count). The number of nitrogens with two attached hydrogens (primary N) is 1. The van der Waals surface area contributed by atoms with Crippen molar-refractivity contribution in [1.82, 2.24) is 0 Å². The first-order chi connectivity index (χ1) is 7.44. The molecule has 0 radical (unpaired) electrons. The highest BCUT2D eigenvalue weighted by atomic mass is 19.4. The predicted octanol–water partition coefficient (Wildman–Crippen LogP) is 2.71. The van der Waals surface area contributed by atoms with E-state index in [0.717, 1.165) is 18.9 Å². The molecule has 2 N–H and O–H groups in total. The number of hydrogen-bond donors (Lipinski definition) is 1. The molecule has 0 unspecified atom stereocenters. The molecule has 1 saturated carbocycles. The normalized spacial score (nSPS) is 15.9. The van der Waals surface area contributed by atoms with Crippen LogP contribution in [0.15, 0.2) is 18.2 Å². The second kappa shape index (κ2) is 3.77. The second-order valence-electron chi connectivity index (χ2n) is 3.56. The molecule has 0 aromatic heterocycles. The van der Waals surface area contributed by atoms with Crippen molar-refractivity contribution in [3.8, 4) is 11.5 Å². The molecule has 1 aromatic rings. The van der Waals surface area contributed by atoms with Crippen molar-refractivity contribution in [1.29, 1.82) is 0 Å². The molecule has 0 atom stereocenters. The third-order valence-corrected chi connectivity index (χ3v) is 2.03. The molecule has 0 spiro atoms. The van der Waals surface area contributed by atoms with Crippen LogP contribution in [0.5, 0.6) is 11.5 Å². The lowest BCUT2D eigenvalue weighted by Crippen LogP contribution is -2.17. The SMILES string of the molecule is Nc1cc(OC(F)(F)F)ccc1OC1CC1. The van der Waals surface area contributed by atoms with E-state index in [4.69, 9.17) is 10.5 Å². The molecule has 0 aliphatic heterocycles. The van der Waals surface area contributed by atoms with Crippen molar-refractivity contribution in [2.45, 2.75) is 25.3 Å². The van der Waals surface area contributed by atoms with Gasteiger partial charge in [0.1, 0.15) is 11.5 Å². The van der Waals surface area contributed by atoms with Crippen LogP contribution in [0.1, 0.15) is 12.8 Å². The van der Waals surface area contributed by atoms with Crippen LogP contribution in [0, 0.1) is 0 Å². The van der Waals surface area contributed by atoms with Gasteiger partial charge in [-0.15, -0.1) is 13.2 Å². The minimum atomic E-state index is -4.70. The average Bonchev–Trinajstić information content (AvgIpc) is 2.90. The maximum Gasteiger partial charge on any atom is 0.573 e. The van der Waals surface area contributed by atoms with Crippen LogP contribution in [0.3, 0.4) is 0 Å². The summed E-state index contributed by atoms with van der Waals surface area (Å²) in [6.07, 6.45) is -2.64. The van der Waals surface area contributed by atoms with Gasteiger partial charge in [0.2, 0.25) is 0 Å². The number of alkyl halides is 3. The van der Waals surface area contributed by atoms with Crippen LogP contribution < -0.4 is 15.2 Å². The van der Waals surface area contributed by atoms with Crippen LogP contribution in [0.2, 0.25) is 0 Å². The van der Waals surface area contributed by atoms with Crippen LogP contribution in [0.4, 0.5) is 18.9 Å². The summed E-state index contributed by atoms with van der Waals surface area (Å²) in [5.74, 6) is 0.0603. The fourth-order valence-electron chi connectivity index (χ4n) is 1.20. The van der Waals surface area contributed by atoms with Gasteiger partial charge in [0.05, 0.1) is 11.8 Å². The number of hydrogen-bond acceptors (Lipinski definition) is 3. The molecule has 0 heterocycles. The molecule has 0 saturated heterocycles. The standard InChI is InChI=1S/C10H10F3NO2/c11-10(12,13)16-7-3-4-9(8(14)5-7)15-6-1-2-6/h3-6H,1-2,14H2. The maximum atomic E-state index is 11.9. The fourth-order valence-corrected chi connectivity index (χ4v) is 1.20. The van der Waals surface area contributed by atoms with Gasteiger partial charge in [-0.3, -0.25) is 0 Å². The largest absolute Gasteiger partial charge is 0.573 e. The quantitative estimate of drug-likeness (QED) is 0.816. The summed E-state index contributed by atoms with van der Waals surface area (Å²) in [5.41, 5.74) is 5.69. The third kappa shape index (κ3) is 2.95. The number of halogens is 3. The van der Waals surface area contributed by atoms with E-state index >= 15 is 0 Å². The highest BCUT2D eigenvalue weighted by Gasteiger charge is 2.31. The van der Waals surface area contributed by atoms with E-state index in [-0.39, 0.29) is 17.5 Å². The van der Waals surface area contributed by atoms with Gasteiger partial charge in [-0.1, -0.05) is 0 Å². The highest BCUT2D eigenvalue weighted by Crippen LogP contribution is 2.34. The van der Waals surface area contributed by atoms with Gasteiger partial charge in [0, 0.05) is 6.07 Å². The van der Waals surface area contributed by atoms with Crippen molar-refractivity contribution in [2.75, 3.05) is 5.73 Å². The number of rotatable bonds is 3. The summed E-state index contributed by atoms with van der Waals surface area (Å²) in [4.78, 5) is 0. The number of nitrogen functional groups attached to an aromatic ring is 1. The van der Waals surface area contributed by atoms with E-state index < -0.39 is 6.36 Å². The smallest absolute Gasteiger partial charge is 0.488 e. The first-order valence-corrected chi connectivity index (χ1v) is 4.76. The molecule has 6 heteroatoms. The van der Waals surface area contributed by atoms with E-state index in [1.54, 1.807) is 0 Å². The molecular formula is C10H10F3NO2. The fraction of sp³-hybridized carbons (Fsp3) is 0.400. The Bertz CT molecular complexity index is 388. The number of anilines is 1. The van der Waals surface area contributed by atoms with Gasteiger partial charge in [-0.2, -0.15) is 0 Å². The first kappa shape index (κ1) is 10.9. The maximum absolute atomic E-state index is 11.9. The van der Waals surface area contributed by atoms with Crippen molar-refractivity contribution < 1.29 is 22.6 Å². The monoisotopic (exact) mass is 233 g/mol. The van der Waals surface area contributed by atoms with Crippen LogP contribution >= 0.6 is 0 Å². The molecule has 1 fully saturated rings. The molecule has 0 amide bonds. The Labute approximate surface area is 89.9 Å². The molecule has 1 aromatic carbocycles. The molecule has 1 aliphatic carbocycles. The Morgan fingerprint density at radius 2 is 1.94 bits per heavy atom. The van der Waals surface area contributed by atoms with Gasteiger partial charge in [-0.05, 0) is 25.0 Å². The zero-order valence-corrected chi connectivity index (χ0v) is 8.25. The molecule has 16 heavy (non-hydrogen) atoms. The topological polar surface area (TPSA) is 44.5 Å². The molecule has 3 nitrogen and oxygen atoms in total. The number of ether oxygens (including phenoxy) is 2. The van der Waals surface area contributed by atoms with Gasteiger partial charge in [-0.25, -0.2) is 0 Å². The zero-order chi connectivity index (χ0) is 11.8. The first-order valence-electron chi connectivity index (χ1n) is 4.76. The Morgan fingerprint density at radius 1 is 1.25 bits per heavy atom. The zero-order valence-electron chi connectivity index (χ0n) is 8.25. The van der Waals surface area contributed by atoms with E-state index in [9.17, 15) is 13.2 Å². The summed E-state index contributed by atoms with van der Waals surface area (Å²) in [6.45, 7) is 0. The third-order valence-electron chi connectivity index (χ3n) is 2.03. The summed E-state index contributed by atoms with van der Waals surface area (Å²) in [5, 5.41) is 0. The molecule has 1 aliphatic rings. The summed E-state index contributed by atoms with van der Waals surface area (Å²) >= 11 is 0. The van der Waals surface area contributed by atoms with Crippen molar-refractivity contribution in [2.24, 2.45) is 0 Å². The van der Waals surface area contributed by atoms with E-state index in [1.165, 1.54) is 12.1 Å². The van der Waals surface area contributed by atoms with E-state index in [2.05, 4.69) is 4.74 Å². The van der Waals surface area contributed by atoms with Gasteiger partial charge < -0.3 is 15.2 Å². The van der Waals surface area contributed by atoms with Crippen molar-refractivity contribution >= 4 is 5.69 Å². The van der Waals surface area contributed by atoms with Crippen LogP contribution in [0.25, 0.3) is 0 Å². The Kier molecular flexibility index (Phi) is 2.57.